The molecule has 0 fully saturated rings. The van der Waals surface area contributed by atoms with Crippen LogP contribution in [0.3, 0.4) is 0 Å². The standard InChI is InChI=1S/C8H13N5O/c1-9-8(14)11-7-5-4-10-3-2-6(5)12-13-7/h10H,2-4H2,1H3,(H3,9,11,12,13,14). The first-order valence-electron chi connectivity index (χ1n) is 4.57. The molecule has 0 radical (unpaired) electrons. The third-order valence-electron chi connectivity index (χ3n) is 2.27. The van der Waals surface area contributed by atoms with Crippen LogP contribution in [0.4, 0.5) is 10.6 Å². The minimum absolute atomic E-state index is 0.245. The Balaban J connectivity index is 2.18. The molecule has 0 aromatic carbocycles. The Morgan fingerprint density at radius 2 is 2.43 bits per heavy atom. The normalized spacial score (nSPS) is 14.6. The Morgan fingerprint density at radius 3 is 3.21 bits per heavy atom. The van der Waals surface area contributed by atoms with Gasteiger partial charge in [0.05, 0.1) is 0 Å². The quantitative estimate of drug-likeness (QED) is 0.501. The fourth-order valence-electron chi connectivity index (χ4n) is 1.50. The van der Waals surface area contributed by atoms with Crippen molar-refractivity contribution in [2.45, 2.75) is 13.0 Å². The van der Waals surface area contributed by atoms with E-state index in [2.05, 4.69) is 26.1 Å². The van der Waals surface area contributed by atoms with Crippen molar-refractivity contribution in [1.82, 2.24) is 20.8 Å². The second-order valence-electron chi connectivity index (χ2n) is 3.16. The van der Waals surface area contributed by atoms with Crippen LogP contribution in [0.15, 0.2) is 0 Å². The number of carbonyl (C=O) groups excluding carboxylic acids is 1. The predicted octanol–water partition coefficient (Wildman–Crippen LogP) is -0.193. The van der Waals surface area contributed by atoms with Crippen LogP contribution in [0.2, 0.25) is 0 Å². The molecule has 2 amide bonds. The Bertz CT molecular complexity index is 346. The molecule has 0 bridgehead atoms. The third-order valence-corrected chi connectivity index (χ3v) is 2.27. The predicted molar refractivity (Wildman–Crippen MR) is 52.1 cm³/mol. The Hall–Kier alpha value is -1.56. The molecule has 0 unspecified atom stereocenters. The van der Waals surface area contributed by atoms with Gasteiger partial charge in [-0.1, -0.05) is 0 Å². The maximum absolute atomic E-state index is 11.1. The van der Waals surface area contributed by atoms with Gasteiger partial charge in [0.15, 0.2) is 5.82 Å². The van der Waals surface area contributed by atoms with Crippen molar-refractivity contribution in [3.63, 3.8) is 0 Å². The molecule has 1 aliphatic heterocycles. The highest BCUT2D eigenvalue weighted by atomic mass is 16.2. The lowest BCUT2D eigenvalue weighted by atomic mass is 10.1. The largest absolute Gasteiger partial charge is 0.341 e. The van der Waals surface area contributed by atoms with E-state index in [0.717, 1.165) is 30.8 Å². The number of aromatic amines is 1. The second kappa shape index (κ2) is 3.67. The van der Waals surface area contributed by atoms with E-state index in [0.29, 0.717) is 5.82 Å². The topological polar surface area (TPSA) is 81.8 Å². The Morgan fingerprint density at radius 1 is 1.57 bits per heavy atom. The third kappa shape index (κ3) is 1.56. The lowest BCUT2D eigenvalue weighted by Crippen LogP contribution is -2.27. The SMILES string of the molecule is CNC(=O)Nc1n[nH]c2c1CNCC2. The number of fused-ring (bicyclic) bond motifs is 1. The van der Waals surface area contributed by atoms with Gasteiger partial charge >= 0.3 is 6.03 Å². The number of nitrogens with zero attached hydrogens (tertiary/aromatic N) is 1. The molecule has 0 atom stereocenters. The van der Waals surface area contributed by atoms with Gasteiger partial charge in [-0.2, -0.15) is 5.10 Å². The molecule has 0 spiro atoms. The summed E-state index contributed by atoms with van der Waals surface area (Å²) in [4.78, 5) is 11.1. The van der Waals surface area contributed by atoms with Gasteiger partial charge in [-0.3, -0.25) is 10.4 Å². The molecule has 0 aliphatic carbocycles. The summed E-state index contributed by atoms with van der Waals surface area (Å²) in [5.41, 5.74) is 2.16. The summed E-state index contributed by atoms with van der Waals surface area (Å²) in [5.74, 6) is 0.617. The Labute approximate surface area is 81.5 Å². The van der Waals surface area contributed by atoms with Gasteiger partial charge in [0.1, 0.15) is 0 Å². The molecule has 76 valence electrons. The van der Waals surface area contributed by atoms with Gasteiger partial charge in [0.25, 0.3) is 0 Å². The van der Waals surface area contributed by atoms with Crippen LogP contribution in [0.1, 0.15) is 11.3 Å². The minimum atomic E-state index is -0.245. The van der Waals surface area contributed by atoms with E-state index in [1.807, 2.05) is 0 Å². The monoisotopic (exact) mass is 195 g/mol. The zero-order chi connectivity index (χ0) is 9.97. The van der Waals surface area contributed by atoms with Gasteiger partial charge < -0.3 is 10.6 Å². The summed E-state index contributed by atoms with van der Waals surface area (Å²) in [6.45, 7) is 1.71. The van der Waals surface area contributed by atoms with Crippen molar-refractivity contribution in [1.29, 1.82) is 0 Å². The number of anilines is 1. The summed E-state index contributed by atoms with van der Waals surface area (Å²) in [6, 6.07) is -0.245. The smallest absolute Gasteiger partial charge is 0.320 e. The summed E-state index contributed by atoms with van der Waals surface area (Å²) in [7, 11) is 1.58. The van der Waals surface area contributed by atoms with Gasteiger partial charge in [0, 0.05) is 37.8 Å². The fourth-order valence-corrected chi connectivity index (χ4v) is 1.50. The van der Waals surface area contributed by atoms with E-state index < -0.39 is 0 Å². The van der Waals surface area contributed by atoms with Gasteiger partial charge in [-0.15, -0.1) is 0 Å². The molecule has 1 aromatic rings. The number of hydrogen-bond acceptors (Lipinski definition) is 3. The molecule has 14 heavy (non-hydrogen) atoms. The van der Waals surface area contributed by atoms with Gasteiger partial charge in [-0.25, -0.2) is 4.79 Å². The van der Waals surface area contributed by atoms with E-state index in [1.165, 1.54) is 0 Å². The van der Waals surface area contributed by atoms with Crippen molar-refractivity contribution in [3.8, 4) is 0 Å². The number of H-pyrrole nitrogens is 1. The molecule has 1 aromatic heterocycles. The summed E-state index contributed by atoms with van der Waals surface area (Å²) >= 11 is 0. The van der Waals surface area contributed by atoms with Crippen LogP contribution in [0.5, 0.6) is 0 Å². The molecule has 6 heteroatoms. The first-order valence-corrected chi connectivity index (χ1v) is 4.57. The summed E-state index contributed by atoms with van der Waals surface area (Å²) < 4.78 is 0. The zero-order valence-corrected chi connectivity index (χ0v) is 7.98. The highest BCUT2D eigenvalue weighted by molar-refractivity contribution is 5.88. The molecular formula is C8H13N5O. The van der Waals surface area contributed by atoms with Crippen LogP contribution < -0.4 is 16.0 Å². The van der Waals surface area contributed by atoms with Crippen molar-refractivity contribution in [2.24, 2.45) is 0 Å². The average molecular weight is 195 g/mol. The number of nitrogens with one attached hydrogen (secondary N) is 4. The van der Waals surface area contributed by atoms with Crippen LogP contribution in [0, 0.1) is 0 Å². The van der Waals surface area contributed by atoms with Gasteiger partial charge in [-0.05, 0) is 0 Å². The maximum Gasteiger partial charge on any atom is 0.320 e. The fraction of sp³-hybridized carbons (Fsp3) is 0.500. The highest BCUT2D eigenvalue weighted by Gasteiger charge is 2.17. The average Bonchev–Trinajstić information content (AvgIpc) is 2.62. The van der Waals surface area contributed by atoms with Gasteiger partial charge in [0.2, 0.25) is 0 Å². The van der Waals surface area contributed by atoms with Crippen LogP contribution in [-0.2, 0) is 13.0 Å². The molecule has 2 heterocycles. The van der Waals surface area contributed by atoms with E-state index in [4.69, 9.17) is 0 Å². The van der Waals surface area contributed by atoms with Crippen molar-refractivity contribution < 1.29 is 4.79 Å². The number of aromatic nitrogens is 2. The van der Waals surface area contributed by atoms with E-state index >= 15 is 0 Å². The lowest BCUT2D eigenvalue weighted by molar-refractivity contribution is 0.254. The van der Waals surface area contributed by atoms with Crippen LogP contribution >= 0.6 is 0 Å². The number of hydrogen-bond donors (Lipinski definition) is 4. The first-order chi connectivity index (χ1) is 6.81. The molecular weight excluding hydrogens is 182 g/mol. The van der Waals surface area contributed by atoms with E-state index in [1.54, 1.807) is 7.05 Å². The summed E-state index contributed by atoms with van der Waals surface area (Å²) in [6.07, 6.45) is 0.928. The van der Waals surface area contributed by atoms with Crippen molar-refractivity contribution in [2.75, 3.05) is 18.9 Å². The van der Waals surface area contributed by atoms with Crippen LogP contribution in [-0.4, -0.2) is 29.8 Å². The van der Waals surface area contributed by atoms with Crippen molar-refractivity contribution in [3.05, 3.63) is 11.3 Å². The van der Waals surface area contributed by atoms with E-state index in [-0.39, 0.29) is 6.03 Å². The minimum Gasteiger partial charge on any atom is -0.341 e. The summed E-state index contributed by atoms with van der Waals surface area (Å²) in [5, 5.41) is 15.4. The number of amides is 2. The molecule has 4 N–H and O–H groups in total. The molecule has 6 nitrogen and oxygen atoms in total. The molecule has 2 rings (SSSR count). The number of rotatable bonds is 1. The maximum atomic E-state index is 11.1. The first kappa shape index (κ1) is 9.01. The molecule has 1 aliphatic rings. The lowest BCUT2D eigenvalue weighted by Gasteiger charge is -2.12. The second-order valence-corrected chi connectivity index (χ2v) is 3.16. The van der Waals surface area contributed by atoms with E-state index in [9.17, 15) is 4.79 Å². The Kier molecular flexibility index (Phi) is 2.36. The zero-order valence-electron chi connectivity index (χ0n) is 7.98. The van der Waals surface area contributed by atoms with Crippen molar-refractivity contribution >= 4 is 11.8 Å². The number of carbonyl (C=O) groups is 1. The highest BCUT2D eigenvalue weighted by Crippen LogP contribution is 2.19. The number of urea groups is 1. The molecule has 0 saturated carbocycles. The molecule has 0 saturated heterocycles. The van der Waals surface area contributed by atoms with Crippen LogP contribution in [0.25, 0.3) is 0 Å².